The number of aliphatic imine (C=N–C) groups is 1. The van der Waals surface area contributed by atoms with E-state index in [1.54, 1.807) is 11.8 Å². The molecule has 0 amide bonds. The second-order valence-corrected chi connectivity index (χ2v) is 6.64. The molecule has 0 saturated carbocycles. The molecular weight excluding hydrogens is 369 g/mol. The van der Waals surface area contributed by atoms with Crippen molar-refractivity contribution in [2.75, 3.05) is 11.1 Å². The van der Waals surface area contributed by atoms with Gasteiger partial charge in [0, 0.05) is 11.4 Å². The summed E-state index contributed by atoms with van der Waals surface area (Å²) in [6.07, 6.45) is -4.70. The van der Waals surface area contributed by atoms with Gasteiger partial charge in [-0.15, -0.1) is 13.2 Å². The molecule has 1 aromatic rings. The Kier molecular flexibility index (Phi) is 5.08. The number of nitrogens with zero attached hydrogens (tertiary/aromatic N) is 1. The van der Waals surface area contributed by atoms with E-state index in [2.05, 4.69) is 37.9 Å². The van der Waals surface area contributed by atoms with Crippen molar-refractivity contribution in [1.82, 2.24) is 0 Å². The van der Waals surface area contributed by atoms with Gasteiger partial charge in [-0.1, -0.05) is 18.7 Å². The van der Waals surface area contributed by atoms with Crippen molar-refractivity contribution >= 4 is 38.5 Å². The van der Waals surface area contributed by atoms with Gasteiger partial charge in [-0.2, -0.15) is 0 Å². The number of amidine groups is 1. The van der Waals surface area contributed by atoms with E-state index < -0.39 is 6.36 Å². The lowest BCUT2D eigenvalue weighted by Crippen LogP contribution is -2.25. The van der Waals surface area contributed by atoms with Gasteiger partial charge in [-0.3, -0.25) is 4.99 Å². The monoisotopic (exact) mass is 382 g/mol. The van der Waals surface area contributed by atoms with E-state index in [-0.39, 0.29) is 16.3 Å². The first kappa shape index (κ1) is 16.5. The van der Waals surface area contributed by atoms with E-state index in [0.29, 0.717) is 11.6 Å². The molecule has 3 nitrogen and oxygen atoms in total. The number of nitrogens with one attached hydrogen (secondary N) is 1. The molecule has 0 bridgehead atoms. The molecule has 0 aromatic heterocycles. The van der Waals surface area contributed by atoms with Crippen molar-refractivity contribution < 1.29 is 17.9 Å². The Labute approximate surface area is 133 Å². The zero-order valence-electron chi connectivity index (χ0n) is 11.4. The Hall–Kier alpha value is -0.890. The molecule has 8 heteroatoms. The summed E-state index contributed by atoms with van der Waals surface area (Å²) in [4.78, 5) is 4.51. The lowest BCUT2D eigenvalue weighted by molar-refractivity contribution is -0.274. The van der Waals surface area contributed by atoms with Gasteiger partial charge in [0.15, 0.2) is 5.17 Å². The Balaban J connectivity index is 2.09. The van der Waals surface area contributed by atoms with Crippen LogP contribution >= 0.6 is 27.7 Å². The summed E-state index contributed by atoms with van der Waals surface area (Å²) in [5.74, 6) is 1.20. The normalized spacial score (nSPS) is 22.7. The van der Waals surface area contributed by atoms with Crippen LogP contribution in [0, 0.1) is 5.92 Å². The van der Waals surface area contributed by atoms with Crippen molar-refractivity contribution in [3.05, 3.63) is 22.7 Å². The maximum atomic E-state index is 12.2. The molecule has 1 aromatic carbocycles. The average molecular weight is 383 g/mol. The Morgan fingerprint density at radius 3 is 2.67 bits per heavy atom. The first-order valence-corrected chi connectivity index (χ1v) is 8.05. The van der Waals surface area contributed by atoms with Crippen LogP contribution in [0.25, 0.3) is 0 Å². The number of thioether (sulfide) groups is 1. The van der Waals surface area contributed by atoms with Gasteiger partial charge in [-0.05, 0) is 47.0 Å². The molecule has 2 atom stereocenters. The lowest BCUT2D eigenvalue weighted by atomic mass is 10.1. The number of rotatable bonds is 2. The Morgan fingerprint density at radius 2 is 2.10 bits per heavy atom. The zero-order chi connectivity index (χ0) is 15.6. The largest absolute Gasteiger partial charge is 0.573 e. The lowest BCUT2D eigenvalue weighted by Gasteiger charge is -2.23. The second-order valence-electron chi connectivity index (χ2n) is 4.78. The molecule has 2 rings (SSSR count). The number of anilines is 1. The smallest absolute Gasteiger partial charge is 0.405 e. The minimum absolute atomic E-state index is 0.227. The van der Waals surface area contributed by atoms with Gasteiger partial charge in [-0.25, -0.2) is 0 Å². The van der Waals surface area contributed by atoms with Gasteiger partial charge in [0.1, 0.15) is 5.75 Å². The molecule has 116 valence electrons. The van der Waals surface area contributed by atoms with Crippen molar-refractivity contribution in [1.29, 1.82) is 0 Å². The summed E-state index contributed by atoms with van der Waals surface area (Å²) >= 11 is 4.68. The number of halogens is 4. The molecule has 21 heavy (non-hydrogen) atoms. The third kappa shape index (κ3) is 4.81. The van der Waals surface area contributed by atoms with Crippen LogP contribution in [0.2, 0.25) is 0 Å². The third-order valence-electron chi connectivity index (χ3n) is 3.04. The van der Waals surface area contributed by atoms with Crippen LogP contribution in [0.3, 0.4) is 0 Å². The Bertz CT molecular complexity index is 551. The highest BCUT2D eigenvalue weighted by molar-refractivity contribution is 9.10. The van der Waals surface area contributed by atoms with Crippen LogP contribution in [0.5, 0.6) is 5.75 Å². The highest BCUT2D eigenvalue weighted by Gasteiger charge is 2.32. The number of alkyl halides is 3. The van der Waals surface area contributed by atoms with Crippen LogP contribution < -0.4 is 10.1 Å². The quantitative estimate of drug-likeness (QED) is 0.790. The summed E-state index contributed by atoms with van der Waals surface area (Å²) in [6, 6.07) is 4.55. The average Bonchev–Trinajstić information content (AvgIpc) is 2.36. The first-order chi connectivity index (χ1) is 9.74. The maximum Gasteiger partial charge on any atom is 0.573 e. The highest BCUT2D eigenvalue weighted by Crippen LogP contribution is 2.33. The van der Waals surface area contributed by atoms with Crippen molar-refractivity contribution in [3.63, 3.8) is 0 Å². The molecule has 0 radical (unpaired) electrons. The maximum absolute atomic E-state index is 12.2. The van der Waals surface area contributed by atoms with Gasteiger partial charge in [0.05, 0.1) is 10.5 Å². The number of benzene rings is 1. The highest BCUT2D eigenvalue weighted by atomic mass is 79.9. The SMILES string of the molecule is CC1CSC(Nc2ccc(OC(F)(F)F)c(Br)c2)=NC1C. The van der Waals surface area contributed by atoms with Crippen LogP contribution in [-0.2, 0) is 0 Å². The van der Waals surface area contributed by atoms with Crippen molar-refractivity contribution in [3.8, 4) is 5.75 Å². The molecule has 1 aliphatic rings. The third-order valence-corrected chi connectivity index (χ3v) is 4.83. The fourth-order valence-electron chi connectivity index (χ4n) is 1.68. The standard InChI is InChI=1S/C13H14BrF3N2OS/c1-7-6-21-12(18-8(7)2)19-9-3-4-11(10(14)5-9)20-13(15,16)17/h3-5,7-8H,6H2,1-2H3,(H,18,19). The minimum atomic E-state index is -4.70. The van der Waals surface area contributed by atoms with Crippen molar-refractivity contribution in [2.45, 2.75) is 26.3 Å². The summed E-state index contributed by atoms with van der Waals surface area (Å²) in [5.41, 5.74) is 0.657. The van der Waals surface area contributed by atoms with E-state index in [0.717, 1.165) is 10.9 Å². The van der Waals surface area contributed by atoms with E-state index in [1.165, 1.54) is 18.2 Å². The molecular formula is C13H14BrF3N2OS. The summed E-state index contributed by atoms with van der Waals surface area (Å²) in [6.45, 7) is 4.18. The molecule has 0 fully saturated rings. The molecule has 1 N–H and O–H groups in total. The summed E-state index contributed by atoms with van der Waals surface area (Å²) < 4.78 is 40.7. The molecule has 0 saturated heterocycles. The van der Waals surface area contributed by atoms with Crippen LogP contribution in [0.4, 0.5) is 18.9 Å². The van der Waals surface area contributed by atoms with E-state index in [9.17, 15) is 13.2 Å². The number of hydrogen-bond acceptors (Lipinski definition) is 4. The zero-order valence-corrected chi connectivity index (χ0v) is 13.8. The first-order valence-electron chi connectivity index (χ1n) is 6.27. The predicted molar refractivity (Wildman–Crippen MR) is 83.0 cm³/mol. The minimum Gasteiger partial charge on any atom is -0.405 e. The van der Waals surface area contributed by atoms with Gasteiger partial charge in [0.2, 0.25) is 0 Å². The molecule has 2 unspecified atom stereocenters. The molecule has 0 spiro atoms. The van der Waals surface area contributed by atoms with Crippen LogP contribution in [-0.4, -0.2) is 23.3 Å². The van der Waals surface area contributed by atoms with Crippen LogP contribution in [0.15, 0.2) is 27.7 Å². The number of ether oxygens (including phenoxy) is 1. The fourth-order valence-corrected chi connectivity index (χ4v) is 3.27. The topological polar surface area (TPSA) is 33.6 Å². The summed E-state index contributed by atoms with van der Waals surface area (Å²) in [7, 11) is 0. The van der Waals surface area contributed by atoms with E-state index in [1.807, 2.05) is 6.92 Å². The number of hydrogen-bond donors (Lipinski definition) is 1. The van der Waals surface area contributed by atoms with E-state index in [4.69, 9.17) is 0 Å². The summed E-state index contributed by atoms with van der Waals surface area (Å²) in [5, 5.41) is 3.88. The molecule has 0 aliphatic carbocycles. The van der Waals surface area contributed by atoms with Crippen LogP contribution in [0.1, 0.15) is 13.8 Å². The molecule has 1 aliphatic heterocycles. The Morgan fingerprint density at radius 1 is 1.38 bits per heavy atom. The van der Waals surface area contributed by atoms with E-state index >= 15 is 0 Å². The van der Waals surface area contributed by atoms with Gasteiger partial charge >= 0.3 is 6.36 Å². The molecule has 1 heterocycles. The van der Waals surface area contributed by atoms with Gasteiger partial charge < -0.3 is 10.1 Å². The fraction of sp³-hybridized carbons (Fsp3) is 0.462. The predicted octanol–water partition coefficient (Wildman–Crippen LogP) is 4.89. The van der Waals surface area contributed by atoms with Crippen molar-refractivity contribution in [2.24, 2.45) is 10.9 Å². The van der Waals surface area contributed by atoms with Gasteiger partial charge in [0.25, 0.3) is 0 Å². The second kappa shape index (κ2) is 6.48.